The summed E-state index contributed by atoms with van der Waals surface area (Å²) in [6.07, 6.45) is 0. The molecule has 32 heavy (non-hydrogen) atoms. The van der Waals surface area contributed by atoms with Crippen LogP contribution in [0.2, 0.25) is 5.02 Å². The van der Waals surface area contributed by atoms with Crippen molar-refractivity contribution in [2.75, 3.05) is 0 Å². The molecule has 3 aromatic heterocycles. The van der Waals surface area contributed by atoms with Gasteiger partial charge in [0.1, 0.15) is 27.7 Å². The lowest BCUT2D eigenvalue weighted by Crippen LogP contribution is -1.91. The van der Waals surface area contributed by atoms with Crippen LogP contribution in [0.15, 0.2) is 81.6 Å². The van der Waals surface area contributed by atoms with Gasteiger partial charge >= 0.3 is 0 Å². The molecular formula is C26H14ClNO4. The molecule has 6 heteroatoms. The quantitative estimate of drug-likeness (QED) is 0.278. The summed E-state index contributed by atoms with van der Waals surface area (Å²) < 4.78 is 14.3. The molecule has 154 valence electrons. The second-order valence-corrected chi connectivity index (χ2v) is 8.29. The van der Waals surface area contributed by atoms with E-state index < -0.39 is 0 Å². The first-order valence-corrected chi connectivity index (χ1v) is 10.5. The zero-order chi connectivity index (χ0) is 21.6. The van der Waals surface area contributed by atoms with Crippen molar-refractivity contribution in [1.82, 2.24) is 4.57 Å². The maximum atomic E-state index is 9.88. The number of benzene rings is 4. The summed E-state index contributed by atoms with van der Waals surface area (Å²) in [6, 6.07) is 22.2. The van der Waals surface area contributed by atoms with Gasteiger partial charge in [-0.05, 0) is 53.2 Å². The largest absolute Gasteiger partial charge is 0.508 e. The van der Waals surface area contributed by atoms with Crippen LogP contribution in [0.5, 0.6) is 11.5 Å². The SMILES string of the molecule is Oc1ccc2cc3c(cc2c1)oc1c3c2ccccc2n1-c1oc2cc(O)ccc2c1Cl. The highest BCUT2D eigenvalue weighted by Crippen LogP contribution is 2.43. The molecule has 2 N–H and O–H groups in total. The summed E-state index contributed by atoms with van der Waals surface area (Å²) in [5.74, 6) is 0.746. The fraction of sp³-hybridized carbons (Fsp3) is 0. The van der Waals surface area contributed by atoms with Crippen LogP contribution in [0.25, 0.3) is 60.6 Å². The highest BCUT2D eigenvalue weighted by molar-refractivity contribution is 6.37. The molecule has 5 nitrogen and oxygen atoms in total. The van der Waals surface area contributed by atoms with Crippen molar-refractivity contribution in [3.63, 3.8) is 0 Å². The van der Waals surface area contributed by atoms with E-state index in [2.05, 4.69) is 6.07 Å². The van der Waals surface area contributed by atoms with Gasteiger partial charge in [-0.15, -0.1) is 0 Å². The van der Waals surface area contributed by atoms with Gasteiger partial charge in [-0.25, -0.2) is 4.57 Å². The Morgan fingerprint density at radius 3 is 2.38 bits per heavy atom. The highest BCUT2D eigenvalue weighted by Gasteiger charge is 2.24. The smallest absolute Gasteiger partial charge is 0.227 e. The molecule has 0 aliphatic carbocycles. The second kappa shape index (κ2) is 5.99. The average Bonchev–Trinajstić information content (AvgIpc) is 3.40. The maximum Gasteiger partial charge on any atom is 0.227 e. The summed E-state index contributed by atoms with van der Waals surface area (Å²) in [5, 5.41) is 25.7. The molecule has 0 aliphatic heterocycles. The fourth-order valence-corrected chi connectivity index (χ4v) is 4.89. The number of aromatic hydroxyl groups is 2. The third kappa shape index (κ3) is 2.23. The first-order valence-electron chi connectivity index (χ1n) is 10.1. The van der Waals surface area contributed by atoms with Gasteiger partial charge in [-0.3, -0.25) is 0 Å². The van der Waals surface area contributed by atoms with E-state index >= 15 is 0 Å². The van der Waals surface area contributed by atoms with Crippen molar-refractivity contribution < 1.29 is 19.0 Å². The van der Waals surface area contributed by atoms with E-state index in [1.807, 2.05) is 41.0 Å². The lowest BCUT2D eigenvalue weighted by atomic mass is 10.1. The molecule has 3 heterocycles. The minimum atomic E-state index is 0.107. The fourth-order valence-electron chi connectivity index (χ4n) is 4.61. The topological polar surface area (TPSA) is 71.7 Å². The molecule has 0 spiro atoms. The first-order chi connectivity index (χ1) is 15.6. The number of rotatable bonds is 1. The van der Waals surface area contributed by atoms with Crippen molar-refractivity contribution in [3.8, 4) is 17.4 Å². The van der Waals surface area contributed by atoms with Crippen LogP contribution >= 0.6 is 11.6 Å². The van der Waals surface area contributed by atoms with Gasteiger partial charge in [-0.1, -0.05) is 35.9 Å². The van der Waals surface area contributed by atoms with E-state index in [0.717, 1.165) is 32.4 Å². The van der Waals surface area contributed by atoms with E-state index in [4.69, 9.17) is 20.4 Å². The van der Waals surface area contributed by atoms with Gasteiger partial charge in [0.05, 0.1) is 10.9 Å². The van der Waals surface area contributed by atoms with Crippen LogP contribution < -0.4 is 0 Å². The number of fused-ring (bicyclic) bond motifs is 7. The molecule has 0 saturated carbocycles. The summed E-state index contributed by atoms with van der Waals surface area (Å²) in [5.41, 5.74) is 2.72. The lowest BCUT2D eigenvalue weighted by Gasteiger charge is -2.03. The molecule has 7 rings (SSSR count). The number of furan rings is 2. The Bertz CT molecular complexity index is 1870. The zero-order valence-corrected chi connectivity index (χ0v) is 17.2. The number of hydrogen-bond acceptors (Lipinski definition) is 4. The molecule has 4 aromatic carbocycles. The van der Waals surface area contributed by atoms with Gasteiger partial charge in [0, 0.05) is 22.2 Å². The molecule has 0 bridgehead atoms. The molecular weight excluding hydrogens is 426 g/mol. The molecule has 7 aromatic rings. The Balaban J connectivity index is 1.66. The average molecular weight is 440 g/mol. The maximum absolute atomic E-state index is 9.88. The van der Waals surface area contributed by atoms with E-state index in [-0.39, 0.29) is 11.5 Å². The molecule has 0 atom stereocenters. The molecule has 0 aliphatic rings. The van der Waals surface area contributed by atoms with Crippen LogP contribution in [0.3, 0.4) is 0 Å². The van der Waals surface area contributed by atoms with E-state index in [9.17, 15) is 10.2 Å². The molecule has 0 amide bonds. The van der Waals surface area contributed by atoms with Crippen LogP contribution in [0, 0.1) is 0 Å². The van der Waals surface area contributed by atoms with Gasteiger partial charge in [0.15, 0.2) is 0 Å². The number of para-hydroxylation sites is 1. The standard InChI is InChI=1S/C26H14ClNO4/c27-24-18-8-7-16(30)12-22(18)32-26(24)28-20-4-2-1-3-17(20)23-19-10-13-5-6-15(29)9-14(13)11-21(19)31-25(23)28/h1-12,29-30H. The van der Waals surface area contributed by atoms with Gasteiger partial charge in [-0.2, -0.15) is 0 Å². The molecule has 0 unspecified atom stereocenters. The Labute approximate surface area is 185 Å². The molecule has 0 radical (unpaired) electrons. The van der Waals surface area contributed by atoms with Crippen molar-refractivity contribution >= 4 is 66.3 Å². The Hall–Kier alpha value is -4.09. The highest BCUT2D eigenvalue weighted by atomic mass is 35.5. The molecule has 0 fully saturated rings. The predicted octanol–water partition coefficient (Wildman–Crippen LogP) is 7.49. The van der Waals surface area contributed by atoms with Crippen molar-refractivity contribution in [3.05, 3.63) is 77.8 Å². The van der Waals surface area contributed by atoms with E-state index in [1.165, 1.54) is 0 Å². The first kappa shape index (κ1) is 17.6. The Morgan fingerprint density at radius 2 is 1.47 bits per heavy atom. The van der Waals surface area contributed by atoms with E-state index in [0.29, 0.717) is 33.2 Å². The second-order valence-electron chi connectivity index (χ2n) is 7.92. The minimum Gasteiger partial charge on any atom is -0.508 e. The number of halogens is 1. The van der Waals surface area contributed by atoms with Crippen LogP contribution in [-0.2, 0) is 0 Å². The Kier molecular flexibility index (Phi) is 3.29. The monoisotopic (exact) mass is 439 g/mol. The van der Waals surface area contributed by atoms with Gasteiger partial charge in [0.2, 0.25) is 11.6 Å². The van der Waals surface area contributed by atoms with Crippen molar-refractivity contribution in [1.29, 1.82) is 0 Å². The van der Waals surface area contributed by atoms with Gasteiger partial charge in [0.25, 0.3) is 0 Å². The third-order valence-corrected chi connectivity index (χ3v) is 6.39. The summed E-state index contributed by atoms with van der Waals surface area (Å²) in [4.78, 5) is 0. The van der Waals surface area contributed by atoms with Crippen LogP contribution in [0.4, 0.5) is 0 Å². The summed E-state index contributed by atoms with van der Waals surface area (Å²) in [6.45, 7) is 0. The van der Waals surface area contributed by atoms with Crippen molar-refractivity contribution in [2.45, 2.75) is 0 Å². The predicted molar refractivity (Wildman–Crippen MR) is 126 cm³/mol. The number of hydrogen-bond donors (Lipinski definition) is 2. The minimum absolute atomic E-state index is 0.107. The zero-order valence-electron chi connectivity index (χ0n) is 16.5. The summed E-state index contributed by atoms with van der Waals surface area (Å²) >= 11 is 6.74. The Morgan fingerprint density at radius 1 is 0.688 bits per heavy atom. The summed E-state index contributed by atoms with van der Waals surface area (Å²) in [7, 11) is 0. The number of phenolic OH excluding ortho intramolecular Hbond substituents is 2. The normalized spacial score (nSPS) is 12.2. The van der Waals surface area contributed by atoms with Crippen molar-refractivity contribution in [2.24, 2.45) is 0 Å². The lowest BCUT2D eigenvalue weighted by molar-refractivity contribution is 0.474. The number of phenols is 2. The number of aromatic nitrogens is 1. The van der Waals surface area contributed by atoms with Crippen LogP contribution in [-0.4, -0.2) is 14.8 Å². The number of nitrogens with zero attached hydrogens (tertiary/aromatic N) is 1. The molecule has 0 saturated heterocycles. The third-order valence-electron chi connectivity index (χ3n) is 6.03. The van der Waals surface area contributed by atoms with Crippen LogP contribution in [0.1, 0.15) is 0 Å². The van der Waals surface area contributed by atoms with Gasteiger partial charge < -0.3 is 19.0 Å². The van der Waals surface area contributed by atoms with E-state index in [1.54, 1.807) is 30.3 Å².